The first kappa shape index (κ1) is 26.3. The highest BCUT2D eigenvalue weighted by molar-refractivity contribution is 7.86. The maximum absolute atomic E-state index is 12.2. The van der Waals surface area contributed by atoms with E-state index >= 15 is 0 Å². The molecule has 0 saturated carbocycles. The first-order chi connectivity index (χ1) is 13.6. The summed E-state index contributed by atoms with van der Waals surface area (Å²) in [5.41, 5.74) is 0.203. The third kappa shape index (κ3) is 13.5. The van der Waals surface area contributed by atoms with Gasteiger partial charge in [-0.1, -0.05) is 30.3 Å². The van der Waals surface area contributed by atoms with Crippen molar-refractivity contribution >= 4 is 26.3 Å². The van der Waals surface area contributed by atoms with Gasteiger partial charge < -0.3 is 10.1 Å². The van der Waals surface area contributed by atoms with Crippen LogP contribution in [0.1, 0.15) is 32.8 Å². The van der Waals surface area contributed by atoms with E-state index in [-0.39, 0.29) is 25.6 Å². The second-order valence-electron chi connectivity index (χ2n) is 8.11. The minimum Gasteiger partial charge on any atom is -0.444 e. The van der Waals surface area contributed by atoms with Gasteiger partial charge in [-0.3, -0.25) is 8.37 Å². The van der Waals surface area contributed by atoms with Crippen molar-refractivity contribution in [3.05, 3.63) is 35.9 Å². The molecule has 2 atom stereocenters. The van der Waals surface area contributed by atoms with Gasteiger partial charge in [-0.05, 0) is 45.1 Å². The van der Waals surface area contributed by atoms with E-state index < -0.39 is 38.0 Å². The minimum atomic E-state index is -3.74. The topological polar surface area (TPSA) is 125 Å². The van der Waals surface area contributed by atoms with Crippen LogP contribution in [0, 0.1) is 5.92 Å². The van der Waals surface area contributed by atoms with Crippen molar-refractivity contribution in [1.29, 1.82) is 0 Å². The fourth-order valence-corrected chi connectivity index (χ4v) is 3.48. The van der Waals surface area contributed by atoms with Gasteiger partial charge in [-0.15, -0.1) is 0 Å². The molecule has 1 rings (SSSR count). The van der Waals surface area contributed by atoms with E-state index in [1.165, 1.54) is 0 Å². The molecular weight excluding hydrogens is 434 g/mol. The molecule has 0 radical (unpaired) electrons. The van der Waals surface area contributed by atoms with Crippen molar-refractivity contribution in [2.75, 3.05) is 25.7 Å². The second-order valence-corrected chi connectivity index (χ2v) is 11.4. The fraction of sp³-hybridized carbons (Fsp3) is 0.632. The lowest BCUT2D eigenvalue weighted by atomic mass is 9.93. The Labute approximate surface area is 179 Å². The van der Waals surface area contributed by atoms with Crippen molar-refractivity contribution in [2.24, 2.45) is 5.92 Å². The molecule has 1 unspecified atom stereocenters. The van der Waals surface area contributed by atoms with Crippen LogP contribution >= 0.6 is 0 Å². The molecule has 0 aliphatic heterocycles. The van der Waals surface area contributed by atoms with Gasteiger partial charge in [0.05, 0.1) is 31.8 Å². The molecule has 1 amide bonds. The van der Waals surface area contributed by atoms with Crippen LogP contribution < -0.4 is 5.32 Å². The van der Waals surface area contributed by atoms with Crippen molar-refractivity contribution in [1.82, 2.24) is 5.32 Å². The van der Waals surface area contributed by atoms with E-state index in [0.717, 1.165) is 18.1 Å². The molecule has 0 spiro atoms. The van der Waals surface area contributed by atoms with E-state index in [1.807, 2.05) is 30.3 Å². The average molecular weight is 466 g/mol. The van der Waals surface area contributed by atoms with Crippen molar-refractivity contribution in [2.45, 2.75) is 45.3 Å². The molecule has 1 aromatic rings. The van der Waals surface area contributed by atoms with Gasteiger partial charge in [0.1, 0.15) is 5.60 Å². The van der Waals surface area contributed by atoms with Crippen LogP contribution in [-0.4, -0.2) is 60.3 Å². The summed E-state index contributed by atoms with van der Waals surface area (Å²) in [6, 6.07) is 8.60. The molecule has 11 heteroatoms. The van der Waals surface area contributed by atoms with E-state index in [9.17, 15) is 21.6 Å². The van der Waals surface area contributed by atoms with Gasteiger partial charge in [-0.25, -0.2) is 4.79 Å². The van der Waals surface area contributed by atoms with Gasteiger partial charge in [-0.2, -0.15) is 16.8 Å². The lowest BCUT2D eigenvalue weighted by Gasteiger charge is -2.26. The third-order valence-corrected chi connectivity index (χ3v) is 4.84. The molecule has 0 heterocycles. The van der Waals surface area contributed by atoms with Crippen LogP contribution in [0.5, 0.6) is 0 Å². The molecule has 0 aliphatic rings. The Morgan fingerprint density at radius 2 is 1.50 bits per heavy atom. The Balaban J connectivity index is 2.97. The summed E-state index contributed by atoms with van der Waals surface area (Å²) < 4.78 is 60.8. The van der Waals surface area contributed by atoms with Crippen molar-refractivity contribution in [3.63, 3.8) is 0 Å². The zero-order chi connectivity index (χ0) is 23.0. The monoisotopic (exact) mass is 465 g/mol. The first-order valence-corrected chi connectivity index (χ1v) is 13.0. The molecule has 172 valence electrons. The number of ether oxygens (including phenoxy) is 1. The Kier molecular flexibility index (Phi) is 9.73. The summed E-state index contributed by atoms with van der Waals surface area (Å²) in [4.78, 5) is 12.2. The van der Waals surface area contributed by atoms with Crippen molar-refractivity contribution < 1.29 is 34.7 Å². The highest BCUT2D eigenvalue weighted by atomic mass is 32.2. The lowest BCUT2D eigenvalue weighted by Crippen LogP contribution is -2.43. The van der Waals surface area contributed by atoms with Crippen LogP contribution in [0.15, 0.2) is 30.3 Å². The quantitative estimate of drug-likeness (QED) is 0.493. The molecule has 0 aromatic heterocycles. The van der Waals surface area contributed by atoms with Crippen LogP contribution in [0.25, 0.3) is 0 Å². The number of rotatable bonds is 11. The minimum absolute atomic E-state index is 0.126. The fourth-order valence-electron chi connectivity index (χ4n) is 2.63. The zero-order valence-electron chi connectivity index (χ0n) is 18.0. The zero-order valence-corrected chi connectivity index (χ0v) is 19.6. The smallest absolute Gasteiger partial charge is 0.407 e. The molecule has 0 saturated heterocycles. The molecule has 0 fully saturated rings. The molecule has 0 aliphatic carbocycles. The summed E-state index contributed by atoms with van der Waals surface area (Å²) >= 11 is 0. The van der Waals surface area contributed by atoms with Crippen LogP contribution in [0.4, 0.5) is 4.79 Å². The largest absolute Gasteiger partial charge is 0.444 e. The number of hydrogen-bond acceptors (Lipinski definition) is 8. The molecular formula is C19H31NO8S2. The predicted octanol–water partition coefficient (Wildman–Crippen LogP) is 2.08. The van der Waals surface area contributed by atoms with E-state index in [2.05, 4.69) is 5.32 Å². The predicted molar refractivity (Wildman–Crippen MR) is 113 cm³/mol. The van der Waals surface area contributed by atoms with E-state index in [0.29, 0.717) is 6.42 Å². The maximum atomic E-state index is 12.2. The molecule has 0 bridgehead atoms. The van der Waals surface area contributed by atoms with Gasteiger partial charge in [0.15, 0.2) is 0 Å². The summed E-state index contributed by atoms with van der Waals surface area (Å²) in [6.07, 6.45) is 1.80. The van der Waals surface area contributed by atoms with Crippen LogP contribution in [0.3, 0.4) is 0 Å². The Morgan fingerprint density at radius 1 is 0.967 bits per heavy atom. The van der Waals surface area contributed by atoms with Gasteiger partial charge in [0.2, 0.25) is 0 Å². The molecule has 30 heavy (non-hydrogen) atoms. The van der Waals surface area contributed by atoms with E-state index in [1.54, 1.807) is 20.8 Å². The van der Waals surface area contributed by atoms with Crippen LogP contribution in [-0.2, 0) is 39.8 Å². The summed E-state index contributed by atoms with van der Waals surface area (Å²) in [5, 5.41) is 2.60. The number of nitrogens with one attached hydrogen (secondary N) is 1. The van der Waals surface area contributed by atoms with Crippen LogP contribution in [0.2, 0.25) is 0 Å². The molecule has 1 aromatic carbocycles. The average Bonchev–Trinajstić information content (AvgIpc) is 2.55. The summed E-state index contributed by atoms with van der Waals surface area (Å²) in [5.74, 6) is -0.342. The van der Waals surface area contributed by atoms with E-state index in [4.69, 9.17) is 13.1 Å². The number of carbonyl (C=O) groups is 1. The highest BCUT2D eigenvalue weighted by Crippen LogP contribution is 2.17. The van der Waals surface area contributed by atoms with Gasteiger partial charge >= 0.3 is 6.09 Å². The molecule has 1 N–H and O–H groups in total. The van der Waals surface area contributed by atoms with Gasteiger partial charge in [0.25, 0.3) is 20.2 Å². The highest BCUT2D eigenvalue weighted by Gasteiger charge is 2.25. The van der Waals surface area contributed by atoms with Gasteiger partial charge in [0, 0.05) is 0 Å². The number of carbonyl (C=O) groups excluding carboxylic acids is 1. The number of benzene rings is 1. The lowest BCUT2D eigenvalue weighted by molar-refractivity contribution is 0.0474. The van der Waals surface area contributed by atoms with Crippen molar-refractivity contribution in [3.8, 4) is 0 Å². The normalized spacial score (nSPS) is 14.7. The number of alkyl carbamates (subject to hydrolysis) is 1. The Hall–Kier alpha value is -1.69. The summed E-state index contributed by atoms with van der Waals surface area (Å²) in [7, 11) is -7.41. The maximum Gasteiger partial charge on any atom is 0.407 e. The Bertz CT molecular complexity index is 877. The SMILES string of the molecule is CC(C)(C)OC(=O)N[C@@H](COS(C)(=O)=O)CC(COS(C)(=O)=O)Cc1ccccc1. The summed E-state index contributed by atoms with van der Waals surface area (Å²) in [6.45, 7) is 4.66. The standard InChI is InChI=1S/C19H31NO8S2/c1-19(2,3)28-18(21)20-17(14-27-30(5,24)25)12-16(13-26-29(4,22)23)11-15-9-7-6-8-10-15/h6-10,16-17H,11-14H2,1-5H3,(H,20,21)/t16?,17-/m1/s1. The third-order valence-electron chi connectivity index (χ3n) is 3.71. The number of hydrogen-bond donors (Lipinski definition) is 1. The second kappa shape index (κ2) is 11.1. The molecule has 9 nitrogen and oxygen atoms in total. The Morgan fingerprint density at radius 3 is 2.00 bits per heavy atom. The number of amides is 1. The first-order valence-electron chi connectivity index (χ1n) is 9.35.